The molecule has 1 aliphatic carbocycles. The predicted octanol–water partition coefficient (Wildman–Crippen LogP) is 4.95. The van der Waals surface area contributed by atoms with E-state index < -0.39 is 36.2 Å². The lowest BCUT2D eigenvalue weighted by molar-refractivity contribution is -0.154. The Hall–Kier alpha value is -2.91. The van der Waals surface area contributed by atoms with E-state index in [1.165, 1.54) is 6.20 Å². The highest BCUT2D eigenvalue weighted by Gasteiger charge is 2.33. The van der Waals surface area contributed by atoms with Gasteiger partial charge in [-0.1, -0.05) is 6.92 Å². The first-order valence-corrected chi connectivity index (χ1v) is 10.8. The highest BCUT2D eigenvalue weighted by molar-refractivity contribution is 6.04. The second-order valence-electron chi connectivity index (χ2n) is 8.76. The van der Waals surface area contributed by atoms with Crippen molar-refractivity contribution in [2.45, 2.75) is 32.4 Å². The molecular weight excluding hydrogens is 445 g/mol. The molecule has 0 radical (unpaired) electrons. The number of anilines is 1. The average Bonchev–Trinajstić information content (AvgIpc) is 3.47. The summed E-state index contributed by atoms with van der Waals surface area (Å²) >= 11 is 0. The van der Waals surface area contributed by atoms with Gasteiger partial charge >= 0.3 is 6.18 Å². The fraction of sp³-hybridized carbons (Fsp3) is 0.478. The van der Waals surface area contributed by atoms with Crippen molar-refractivity contribution in [1.82, 2.24) is 10.3 Å². The third-order valence-electron chi connectivity index (χ3n) is 5.77. The van der Waals surface area contributed by atoms with Crippen LogP contribution >= 0.6 is 0 Å². The van der Waals surface area contributed by atoms with Gasteiger partial charge in [0.1, 0.15) is 11.6 Å². The zero-order chi connectivity index (χ0) is 23.8. The fourth-order valence-electron chi connectivity index (χ4n) is 3.99. The van der Waals surface area contributed by atoms with Gasteiger partial charge in [-0.05, 0) is 48.8 Å². The third-order valence-corrected chi connectivity index (χ3v) is 5.77. The second-order valence-corrected chi connectivity index (χ2v) is 8.76. The summed E-state index contributed by atoms with van der Waals surface area (Å²) in [6, 6.07) is 2.65. The number of alkyl halides is 3. The van der Waals surface area contributed by atoms with Crippen LogP contribution in [-0.2, 0) is 0 Å². The van der Waals surface area contributed by atoms with Gasteiger partial charge in [0, 0.05) is 31.9 Å². The average molecular weight is 469 g/mol. The molecule has 1 aromatic heterocycles. The molecule has 1 N–H and O–H groups in total. The number of halogens is 5. The number of aromatic nitrogens is 1. The first-order valence-electron chi connectivity index (χ1n) is 10.8. The van der Waals surface area contributed by atoms with Crippen LogP contribution in [0.2, 0.25) is 0 Å². The van der Waals surface area contributed by atoms with Crippen LogP contribution in [0.4, 0.5) is 27.6 Å². The lowest BCUT2D eigenvalue weighted by atomic mass is 10.00. The normalized spacial score (nSPS) is 18.5. The maximum absolute atomic E-state index is 14.1. The number of pyridine rings is 1. The molecule has 2 aromatic rings. The molecule has 10 heteroatoms. The molecule has 1 amide bonds. The minimum Gasteiger partial charge on any atom is -0.468 e. The predicted molar refractivity (Wildman–Crippen MR) is 112 cm³/mol. The summed E-state index contributed by atoms with van der Waals surface area (Å²) in [5.74, 6) is -2.03. The summed E-state index contributed by atoms with van der Waals surface area (Å²) in [4.78, 5) is 18.9. The molecule has 0 spiro atoms. The summed E-state index contributed by atoms with van der Waals surface area (Å²) < 4.78 is 71.8. The Labute approximate surface area is 187 Å². The number of benzene rings is 1. The molecule has 1 aliphatic heterocycles. The summed E-state index contributed by atoms with van der Waals surface area (Å²) in [7, 11) is 0. The maximum Gasteiger partial charge on any atom is 0.422 e. The maximum atomic E-state index is 14.1. The van der Waals surface area contributed by atoms with Gasteiger partial charge in [0.05, 0.1) is 16.8 Å². The van der Waals surface area contributed by atoms with Crippen LogP contribution in [0.15, 0.2) is 24.4 Å². The van der Waals surface area contributed by atoms with Crippen LogP contribution in [0, 0.1) is 23.5 Å². The van der Waals surface area contributed by atoms with E-state index in [0.29, 0.717) is 31.6 Å². The highest BCUT2D eigenvalue weighted by atomic mass is 19.4. The SMILES string of the molecule is CC1CCN(c2c(C(=O)NCC3CC3)cnc(OCC(F)(F)F)c2-c2cc(F)cc(F)c2)C1. The van der Waals surface area contributed by atoms with E-state index in [1.54, 1.807) is 0 Å². The van der Waals surface area contributed by atoms with Crippen molar-refractivity contribution in [2.75, 3.05) is 31.1 Å². The summed E-state index contributed by atoms with van der Waals surface area (Å²) in [5.41, 5.74) is 0.308. The standard InChI is InChI=1S/C23H24F5N3O2/c1-13-4-5-31(11-13)20-18(21(32)29-9-14-2-3-14)10-30-22(33-12-23(26,27)28)19(20)15-6-16(24)8-17(25)7-15/h6-8,10,13-14H,2-5,9,11-12H2,1H3,(H,29,32). The van der Waals surface area contributed by atoms with Gasteiger partial charge < -0.3 is 15.0 Å². The van der Waals surface area contributed by atoms with E-state index in [9.17, 15) is 26.7 Å². The molecule has 178 valence electrons. The Morgan fingerprint density at radius 1 is 1.18 bits per heavy atom. The fourth-order valence-corrected chi connectivity index (χ4v) is 3.99. The number of hydrogen-bond donors (Lipinski definition) is 1. The molecule has 5 nitrogen and oxygen atoms in total. The monoisotopic (exact) mass is 469 g/mol. The quantitative estimate of drug-likeness (QED) is 0.583. The van der Waals surface area contributed by atoms with Gasteiger partial charge in [-0.25, -0.2) is 13.8 Å². The van der Waals surface area contributed by atoms with Crippen LogP contribution in [0.3, 0.4) is 0 Å². The van der Waals surface area contributed by atoms with Gasteiger partial charge in [0.2, 0.25) is 5.88 Å². The molecule has 33 heavy (non-hydrogen) atoms. The van der Waals surface area contributed by atoms with E-state index in [0.717, 1.165) is 31.4 Å². The minimum absolute atomic E-state index is 0.0363. The lowest BCUT2D eigenvalue weighted by Gasteiger charge is -2.26. The van der Waals surface area contributed by atoms with Gasteiger partial charge in [-0.2, -0.15) is 13.2 Å². The number of amides is 1. The molecule has 2 heterocycles. The Kier molecular flexibility index (Phi) is 6.45. The van der Waals surface area contributed by atoms with Crippen molar-refractivity contribution in [3.8, 4) is 17.0 Å². The van der Waals surface area contributed by atoms with E-state index in [-0.39, 0.29) is 28.3 Å². The minimum atomic E-state index is -4.64. The third kappa shape index (κ3) is 5.72. The lowest BCUT2D eigenvalue weighted by Crippen LogP contribution is -2.30. The zero-order valence-electron chi connectivity index (χ0n) is 18.0. The van der Waals surface area contributed by atoms with E-state index in [4.69, 9.17) is 4.74 Å². The molecule has 0 bridgehead atoms. The van der Waals surface area contributed by atoms with Crippen molar-refractivity contribution in [1.29, 1.82) is 0 Å². The largest absolute Gasteiger partial charge is 0.468 e. The summed E-state index contributed by atoms with van der Waals surface area (Å²) in [6.07, 6.45) is -0.637. The molecule has 4 rings (SSSR count). The molecular formula is C23H24F5N3O2. The number of rotatable bonds is 7. The first kappa shape index (κ1) is 23.3. The van der Waals surface area contributed by atoms with E-state index in [2.05, 4.69) is 10.3 Å². The molecule has 1 saturated heterocycles. The summed E-state index contributed by atoms with van der Waals surface area (Å²) in [6.45, 7) is 1.91. The summed E-state index contributed by atoms with van der Waals surface area (Å²) in [5, 5.41) is 2.84. The number of carbonyl (C=O) groups is 1. The Morgan fingerprint density at radius 2 is 1.88 bits per heavy atom. The van der Waals surface area contributed by atoms with Crippen LogP contribution < -0.4 is 15.0 Å². The molecule has 2 fully saturated rings. The topological polar surface area (TPSA) is 54.5 Å². The number of nitrogens with zero attached hydrogens (tertiary/aromatic N) is 2. The Morgan fingerprint density at radius 3 is 2.45 bits per heavy atom. The van der Waals surface area contributed by atoms with Crippen LogP contribution in [0.1, 0.15) is 36.5 Å². The molecule has 1 saturated carbocycles. The molecule has 1 aromatic carbocycles. The zero-order valence-corrected chi connectivity index (χ0v) is 18.0. The first-order chi connectivity index (χ1) is 15.6. The number of hydrogen-bond acceptors (Lipinski definition) is 4. The van der Waals surface area contributed by atoms with Crippen LogP contribution in [-0.4, -0.2) is 43.3 Å². The molecule has 1 unspecified atom stereocenters. The van der Waals surface area contributed by atoms with E-state index in [1.807, 2.05) is 11.8 Å². The van der Waals surface area contributed by atoms with Crippen molar-refractivity contribution < 1.29 is 31.5 Å². The van der Waals surface area contributed by atoms with Crippen LogP contribution in [0.25, 0.3) is 11.1 Å². The van der Waals surface area contributed by atoms with Gasteiger partial charge in [0.15, 0.2) is 6.61 Å². The Balaban J connectivity index is 1.86. The number of ether oxygens (including phenoxy) is 1. The van der Waals surface area contributed by atoms with Crippen molar-refractivity contribution in [3.63, 3.8) is 0 Å². The van der Waals surface area contributed by atoms with Gasteiger partial charge in [0.25, 0.3) is 5.91 Å². The molecule has 2 aliphatic rings. The highest BCUT2D eigenvalue weighted by Crippen LogP contribution is 2.43. The Bertz CT molecular complexity index is 1020. The van der Waals surface area contributed by atoms with Crippen molar-refractivity contribution in [3.05, 3.63) is 41.6 Å². The van der Waals surface area contributed by atoms with E-state index >= 15 is 0 Å². The number of nitrogens with one attached hydrogen (secondary N) is 1. The smallest absolute Gasteiger partial charge is 0.422 e. The van der Waals surface area contributed by atoms with Gasteiger partial charge in [-0.3, -0.25) is 4.79 Å². The van der Waals surface area contributed by atoms with Crippen molar-refractivity contribution >= 4 is 11.6 Å². The molecule has 1 atom stereocenters. The van der Waals surface area contributed by atoms with Crippen LogP contribution in [0.5, 0.6) is 5.88 Å². The second kappa shape index (κ2) is 9.15. The van der Waals surface area contributed by atoms with Gasteiger partial charge in [-0.15, -0.1) is 0 Å². The van der Waals surface area contributed by atoms with Crippen molar-refractivity contribution in [2.24, 2.45) is 11.8 Å². The number of carbonyl (C=O) groups excluding carboxylic acids is 1.